The molecule has 0 aromatic rings. The number of carbonyl (C=O) groups is 1. The van der Waals surface area contributed by atoms with Gasteiger partial charge in [0.2, 0.25) is 5.91 Å². The summed E-state index contributed by atoms with van der Waals surface area (Å²) in [5, 5.41) is 12.1. The van der Waals surface area contributed by atoms with Crippen molar-refractivity contribution in [1.82, 2.24) is 5.32 Å². The molecule has 0 bridgehead atoms. The summed E-state index contributed by atoms with van der Waals surface area (Å²) in [4.78, 5) is 12.3. The third-order valence-electron chi connectivity index (χ3n) is 4.05. The van der Waals surface area contributed by atoms with Crippen molar-refractivity contribution >= 4 is 5.91 Å². The fourth-order valence-corrected chi connectivity index (χ4v) is 2.82. The van der Waals surface area contributed by atoms with Gasteiger partial charge in [-0.3, -0.25) is 4.79 Å². The first-order chi connectivity index (χ1) is 8.39. The smallest absolute Gasteiger partial charge is 0.240 e. The molecular weight excluding hydrogens is 228 g/mol. The van der Waals surface area contributed by atoms with E-state index < -0.39 is 5.54 Å². The van der Waals surface area contributed by atoms with Crippen LogP contribution in [0, 0.1) is 11.8 Å². The number of hydrogen-bond donors (Lipinski definition) is 3. The average Bonchev–Trinajstić information content (AvgIpc) is 2.27. The molecule has 0 aliphatic heterocycles. The maximum atomic E-state index is 12.3. The SMILES string of the molecule is CC1CCCC(N)(C(=O)NC(CCO)C(C)C)C1. The second-order valence-corrected chi connectivity index (χ2v) is 6.19. The summed E-state index contributed by atoms with van der Waals surface area (Å²) in [5.74, 6) is 0.789. The van der Waals surface area contributed by atoms with E-state index in [4.69, 9.17) is 10.8 Å². The van der Waals surface area contributed by atoms with Gasteiger partial charge in [-0.15, -0.1) is 0 Å². The molecule has 1 amide bonds. The van der Waals surface area contributed by atoms with Gasteiger partial charge < -0.3 is 16.2 Å². The van der Waals surface area contributed by atoms with Gasteiger partial charge in [0.05, 0.1) is 5.54 Å². The van der Waals surface area contributed by atoms with Crippen molar-refractivity contribution in [3.63, 3.8) is 0 Å². The molecule has 4 heteroatoms. The van der Waals surface area contributed by atoms with Gasteiger partial charge in [0.15, 0.2) is 0 Å². The highest BCUT2D eigenvalue weighted by molar-refractivity contribution is 5.86. The Balaban J connectivity index is 2.62. The van der Waals surface area contributed by atoms with E-state index in [1.54, 1.807) is 0 Å². The number of nitrogens with two attached hydrogens (primary N) is 1. The molecule has 0 aromatic carbocycles. The number of aliphatic hydroxyl groups excluding tert-OH is 1. The number of amides is 1. The van der Waals surface area contributed by atoms with Crippen molar-refractivity contribution in [2.24, 2.45) is 17.6 Å². The number of rotatable bonds is 5. The Morgan fingerprint density at radius 1 is 1.56 bits per heavy atom. The lowest BCUT2D eigenvalue weighted by Gasteiger charge is -2.37. The summed E-state index contributed by atoms with van der Waals surface area (Å²) in [5.41, 5.74) is 5.55. The van der Waals surface area contributed by atoms with Crippen molar-refractivity contribution in [1.29, 1.82) is 0 Å². The number of aliphatic hydroxyl groups is 1. The van der Waals surface area contributed by atoms with E-state index in [0.717, 1.165) is 25.7 Å². The van der Waals surface area contributed by atoms with Gasteiger partial charge >= 0.3 is 0 Å². The maximum absolute atomic E-state index is 12.3. The molecule has 1 saturated carbocycles. The molecular formula is C14H28N2O2. The summed E-state index contributed by atoms with van der Waals surface area (Å²) in [6, 6.07) is 0.0140. The standard InChI is InChI=1S/C14H28N2O2/c1-10(2)12(6-8-17)16-13(18)14(15)7-4-5-11(3)9-14/h10-12,17H,4-9,15H2,1-3H3,(H,16,18). The Morgan fingerprint density at radius 2 is 2.22 bits per heavy atom. The summed E-state index contributed by atoms with van der Waals surface area (Å²) < 4.78 is 0. The second-order valence-electron chi connectivity index (χ2n) is 6.19. The first kappa shape index (κ1) is 15.4. The van der Waals surface area contributed by atoms with Gasteiger partial charge in [0.25, 0.3) is 0 Å². The fraction of sp³-hybridized carbons (Fsp3) is 0.929. The Labute approximate surface area is 110 Å². The number of nitrogens with one attached hydrogen (secondary N) is 1. The van der Waals surface area contributed by atoms with Crippen LogP contribution in [0.4, 0.5) is 0 Å². The zero-order chi connectivity index (χ0) is 13.8. The van der Waals surface area contributed by atoms with E-state index in [-0.39, 0.29) is 18.6 Å². The Kier molecular flexibility index (Phi) is 5.60. The zero-order valence-corrected chi connectivity index (χ0v) is 11.9. The summed E-state index contributed by atoms with van der Waals surface area (Å²) in [6.45, 7) is 6.35. The van der Waals surface area contributed by atoms with Gasteiger partial charge in [-0.1, -0.05) is 33.6 Å². The molecule has 0 aromatic heterocycles. The highest BCUT2D eigenvalue weighted by Gasteiger charge is 2.38. The Bertz CT molecular complexity index is 281. The van der Waals surface area contributed by atoms with Crippen LogP contribution >= 0.6 is 0 Å². The summed E-state index contributed by atoms with van der Waals surface area (Å²) >= 11 is 0. The predicted molar refractivity (Wildman–Crippen MR) is 73.0 cm³/mol. The normalized spacial score (nSPS) is 30.2. The van der Waals surface area contributed by atoms with Crippen LogP contribution in [-0.2, 0) is 4.79 Å². The number of hydrogen-bond acceptors (Lipinski definition) is 3. The molecule has 18 heavy (non-hydrogen) atoms. The summed E-state index contributed by atoms with van der Waals surface area (Å²) in [6.07, 6.45) is 4.32. The third kappa shape index (κ3) is 3.95. The van der Waals surface area contributed by atoms with Gasteiger partial charge in [-0.2, -0.15) is 0 Å². The van der Waals surface area contributed by atoms with Crippen molar-refractivity contribution in [3.05, 3.63) is 0 Å². The minimum absolute atomic E-state index is 0.0140. The molecule has 4 nitrogen and oxygen atoms in total. The van der Waals surface area contributed by atoms with Crippen molar-refractivity contribution < 1.29 is 9.90 Å². The van der Waals surface area contributed by atoms with E-state index >= 15 is 0 Å². The first-order valence-electron chi connectivity index (χ1n) is 7.09. The molecule has 1 fully saturated rings. The monoisotopic (exact) mass is 256 g/mol. The zero-order valence-electron chi connectivity index (χ0n) is 11.9. The first-order valence-corrected chi connectivity index (χ1v) is 7.09. The molecule has 1 aliphatic rings. The quantitative estimate of drug-likeness (QED) is 0.696. The molecule has 0 saturated heterocycles. The lowest BCUT2D eigenvalue weighted by atomic mass is 9.76. The van der Waals surface area contributed by atoms with Crippen LogP contribution in [0.3, 0.4) is 0 Å². The van der Waals surface area contributed by atoms with E-state index in [0.29, 0.717) is 18.3 Å². The largest absolute Gasteiger partial charge is 0.396 e. The van der Waals surface area contributed by atoms with Crippen molar-refractivity contribution in [2.45, 2.75) is 64.5 Å². The molecule has 0 radical (unpaired) electrons. The lowest BCUT2D eigenvalue weighted by Crippen LogP contribution is -2.58. The van der Waals surface area contributed by atoms with Crippen LogP contribution in [0.5, 0.6) is 0 Å². The molecule has 3 atom stereocenters. The van der Waals surface area contributed by atoms with Crippen LogP contribution < -0.4 is 11.1 Å². The topological polar surface area (TPSA) is 75.4 Å². The maximum Gasteiger partial charge on any atom is 0.240 e. The minimum atomic E-state index is -0.708. The van der Waals surface area contributed by atoms with Crippen LogP contribution in [0.25, 0.3) is 0 Å². The van der Waals surface area contributed by atoms with Crippen molar-refractivity contribution in [3.8, 4) is 0 Å². The van der Waals surface area contributed by atoms with E-state index in [9.17, 15) is 4.79 Å². The summed E-state index contributed by atoms with van der Waals surface area (Å²) in [7, 11) is 0. The molecule has 0 spiro atoms. The Hall–Kier alpha value is -0.610. The average molecular weight is 256 g/mol. The molecule has 0 heterocycles. The van der Waals surface area contributed by atoms with E-state index in [1.165, 1.54) is 0 Å². The van der Waals surface area contributed by atoms with Crippen LogP contribution in [0.2, 0.25) is 0 Å². The van der Waals surface area contributed by atoms with Gasteiger partial charge in [-0.05, 0) is 31.1 Å². The molecule has 4 N–H and O–H groups in total. The van der Waals surface area contributed by atoms with E-state index in [2.05, 4.69) is 12.2 Å². The lowest BCUT2D eigenvalue weighted by molar-refractivity contribution is -0.129. The molecule has 1 aliphatic carbocycles. The van der Waals surface area contributed by atoms with E-state index in [1.807, 2.05) is 13.8 Å². The van der Waals surface area contributed by atoms with Gasteiger partial charge in [0.1, 0.15) is 0 Å². The van der Waals surface area contributed by atoms with Gasteiger partial charge in [-0.25, -0.2) is 0 Å². The van der Waals surface area contributed by atoms with Crippen LogP contribution in [0.15, 0.2) is 0 Å². The molecule has 1 rings (SSSR count). The highest BCUT2D eigenvalue weighted by Crippen LogP contribution is 2.30. The molecule has 106 valence electrons. The van der Waals surface area contributed by atoms with Gasteiger partial charge in [0, 0.05) is 12.6 Å². The minimum Gasteiger partial charge on any atom is -0.396 e. The van der Waals surface area contributed by atoms with Crippen LogP contribution in [-0.4, -0.2) is 29.2 Å². The van der Waals surface area contributed by atoms with Crippen LogP contribution in [0.1, 0.15) is 52.9 Å². The Morgan fingerprint density at radius 3 is 2.72 bits per heavy atom. The molecule has 3 unspecified atom stereocenters. The third-order valence-corrected chi connectivity index (χ3v) is 4.05. The number of carbonyl (C=O) groups excluding carboxylic acids is 1. The highest BCUT2D eigenvalue weighted by atomic mass is 16.3. The predicted octanol–water partition coefficient (Wildman–Crippen LogP) is 1.42. The second kappa shape index (κ2) is 6.53. The fourth-order valence-electron chi connectivity index (χ4n) is 2.82. The van der Waals surface area contributed by atoms with Crippen molar-refractivity contribution in [2.75, 3.05) is 6.61 Å².